The minimum absolute atomic E-state index is 0.180. The van der Waals surface area contributed by atoms with Gasteiger partial charge < -0.3 is 15.6 Å². The SMILES string of the molecule is CC(O)(CN)COc1ccc(Cc2ccccc2)cc1. The van der Waals surface area contributed by atoms with Crippen molar-refractivity contribution in [2.75, 3.05) is 13.2 Å². The third-order valence-corrected chi connectivity index (χ3v) is 3.16. The van der Waals surface area contributed by atoms with E-state index in [1.807, 2.05) is 42.5 Å². The second kappa shape index (κ2) is 6.55. The lowest BCUT2D eigenvalue weighted by Gasteiger charge is -2.21. The first kappa shape index (κ1) is 14.6. The summed E-state index contributed by atoms with van der Waals surface area (Å²) in [5, 5.41) is 9.78. The molecule has 1 atom stereocenters. The van der Waals surface area contributed by atoms with E-state index in [0.717, 1.165) is 12.2 Å². The van der Waals surface area contributed by atoms with Crippen molar-refractivity contribution in [1.82, 2.24) is 0 Å². The molecular formula is C17H21NO2. The molecule has 0 spiro atoms. The molecule has 3 nitrogen and oxygen atoms in total. The van der Waals surface area contributed by atoms with E-state index < -0.39 is 5.60 Å². The summed E-state index contributed by atoms with van der Waals surface area (Å²) in [6, 6.07) is 18.3. The lowest BCUT2D eigenvalue weighted by atomic mass is 10.1. The smallest absolute Gasteiger partial charge is 0.119 e. The highest BCUT2D eigenvalue weighted by Gasteiger charge is 2.18. The largest absolute Gasteiger partial charge is 0.491 e. The Hall–Kier alpha value is -1.84. The molecule has 0 aliphatic carbocycles. The Labute approximate surface area is 120 Å². The molecular weight excluding hydrogens is 250 g/mol. The molecule has 0 saturated carbocycles. The van der Waals surface area contributed by atoms with Gasteiger partial charge in [-0.2, -0.15) is 0 Å². The molecule has 0 aromatic heterocycles. The fraction of sp³-hybridized carbons (Fsp3) is 0.294. The molecule has 0 amide bonds. The molecule has 2 aromatic carbocycles. The minimum Gasteiger partial charge on any atom is -0.491 e. The van der Waals surface area contributed by atoms with Crippen LogP contribution in [0.3, 0.4) is 0 Å². The molecule has 0 aliphatic rings. The Bertz CT molecular complexity index is 520. The number of nitrogens with two attached hydrogens (primary N) is 1. The number of benzene rings is 2. The van der Waals surface area contributed by atoms with Gasteiger partial charge in [0, 0.05) is 6.54 Å². The zero-order valence-electron chi connectivity index (χ0n) is 11.8. The number of ether oxygens (including phenoxy) is 1. The number of hydrogen-bond acceptors (Lipinski definition) is 3. The predicted molar refractivity (Wildman–Crippen MR) is 80.9 cm³/mol. The zero-order valence-corrected chi connectivity index (χ0v) is 11.8. The van der Waals surface area contributed by atoms with Gasteiger partial charge in [-0.1, -0.05) is 42.5 Å². The van der Waals surface area contributed by atoms with Gasteiger partial charge in [0.05, 0.1) is 0 Å². The lowest BCUT2D eigenvalue weighted by Crippen LogP contribution is -2.40. The standard InChI is InChI=1S/C17H21NO2/c1-17(19,12-18)13-20-16-9-7-15(8-10-16)11-14-5-3-2-4-6-14/h2-10,19H,11-13,18H2,1H3. The van der Waals surface area contributed by atoms with Crippen LogP contribution in [0.4, 0.5) is 0 Å². The van der Waals surface area contributed by atoms with Gasteiger partial charge in [-0.3, -0.25) is 0 Å². The summed E-state index contributed by atoms with van der Waals surface area (Å²) >= 11 is 0. The molecule has 0 fully saturated rings. The molecule has 0 bridgehead atoms. The monoisotopic (exact) mass is 271 g/mol. The van der Waals surface area contributed by atoms with E-state index in [4.69, 9.17) is 10.5 Å². The molecule has 1 unspecified atom stereocenters. The van der Waals surface area contributed by atoms with E-state index in [-0.39, 0.29) is 13.2 Å². The third-order valence-electron chi connectivity index (χ3n) is 3.16. The van der Waals surface area contributed by atoms with Crippen molar-refractivity contribution >= 4 is 0 Å². The van der Waals surface area contributed by atoms with E-state index in [1.165, 1.54) is 11.1 Å². The Morgan fingerprint density at radius 2 is 1.60 bits per heavy atom. The van der Waals surface area contributed by atoms with Gasteiger partial charge in [0.15, 0.2) is 0 Å². The van der Waals surface area contributed by atoms with Gasteiger partial charge in [0.1, 0.15) is 18.0 Å². The topological polar surface area (TPSA) is 55.5 Å². The summed E-state index contributed by atoms with van der Waals surface area (Å²) in [6.07, 6.45) is 0.904. The summed E-state index contributed by atoms with van der Waals surface area (Å²) < 4.78 is 5.54. The predicted octanol–water partition coefficient (Wildman–Crippen LogP) is 2.37. The fourth-order valence-corrected chi connectivity index (χ4v) is 1.83. The highest BCUT2D eigenvalue weighted by atomic mass is 16.5. The normalized spacial score (nSPS) is 13.8. The first-order valence-electron chi connectivity index (χ1n) is 6.77. The lowest BCUT2D eigenvalue weighted by molar-refractivity contribution is 0.0196. The van der Waals surface area contributed by atoms with Crippen LogP contribution in [0.2, 0.25) is 0 Å². The molecule has 3 heteroatoms. The van der Waals surface area contributed by atoms with Crippen molar-refractivity contribution in [2.45, 2.75) is 18.9 Å². The Morgan fingerprint density at radius 3 is 2.20 bits per heavy atom. The van der Waals surface area contributed by atoms with Gasteiger partial charge in [0.2, 0.25) is 0 Å². The van der Waals surface area contributed by atoms with Crippen molar-refractivity contribution in [3.63, 3.8) is 0 Å². The molecule has 0 radical (unpaired) electrons. The molecule has 0 heterocycles. The van der Waals surface area contributed by atoms with Gasteiger partial charge in [-0.05, 0) is 36.6 Å². The van der Waals surface area contributed by atoms with Crippen LogP contribution in [-0.2, 0) is 6.42 Å². The van der Waals surface area contributed by atoms with Crippen molar-refractivity contribution in [2.24, 2.45) is 5.73 Å². The summed E-state index contributed by atoms with van der Waals surface area (Å²) in [7, 11) is 0. The molecule has 0 aliphatic heterocycles. The van der Waals surface area contributed by atoms with Crippen molar-refractivity contribution in [1.29, 1.82) is 0 Å². The summed E-state index contributed by atoms with van der Waals surface area (Å²) in [4.78, 5) is 0. The molecule has 2 rings (SSSR count). The first-order chi connectivity index (χ1) is 9.59. The van der Waals surface area contributed by atoms with Crippen LogP contribution in [0.5, 0.6) is 5.75 Å². The molecule has 3 N–H and O–H groups in total. The Balaban J connectivity index is 1.93. The van der Waals surface area contributed by atoms with E-state index in [9.17, 15) is 5.11 Å². The maximum Gasteiger partial charge on any atom is 0.119 e. The van der Waals surface area contributed by atoms with Crippen molar-refractivity contribution in [3.05, 3.63) is 65.7 Å². The molecule has 2 aromatic rings. The fourth-order valence-electron chi connectivity index (χ4n) is 1.83. The minimum atomic E-state index is -0.983. The summed E-state index contributed by atoms with van der Waals surface area (Å²) in [6.45, 7) is 2.04. The summed E-state index contributed by atoms with van der Waals surface area (Å²) in [5.41, 5.74) is 6.98. The van der Waals surface area contributed by atoms with E-state index in [1.54, 1.807) is 6.92 Å². The number of hydrogen-bond donors (Lipinski definition) is 2. The Kier molecular flexibility index (Phi) is 4.77. The van der Waals surface area contributed by atoms with Crippen LogP contribution in [0.1, 0.15) is 18.1 Å². The van der Waals surface area contributed by atoms with E-state index in [0.29, 0.717) is 0 Å². The van der Waals surface area contributed by atoms with Gasteiger partial charge in [-0.25, -0.2) is 0 Å². The van der Waals surface area contributed by atoms with Crippen LogP contribution < -0.4 is 10.5 Å². The first-order valence-corrected chi connectivity index (χ1v) is 6.77. The second-order valence-electron chi connectivity index (χ2n) is 5.30. The maximum atomic E-state index is 9.78. The maximum absolute atomic E-state index is 9.78. The van der Waals surface area contributed by atoms with Crippen molar-refractivity contribution < 1.29 is 9.84 Å². The zero-order chi connectivity index (χ0) is 14.4. The average Bonchev–Trinajstić information content (AvgIpc) is 2.48. The van der Waals surface area contributed by atoms with Gasteiger partial charge >= 0.3 is 0 Å². The molecule has 20 heavy (non-hydrogen) atoms. The van der Waals surface area contributed by atoms with Crippen LogP contribution in [0, 0.1) is 0 Å². The number of aliphatic hydroxyl groups is 1. The number of rotatable bonds is 6. The second-order valence-corrected chi connectivity index (χ2v) is 5.30. The average molecular weight is 271 g/mol. The quantitative estimate of drug-likeness (QED) is 0.848. The Morgan fingerprint density at radius 1 is 1.00 bits per heavy atom. The van der Waals surface area contributed by atoms with Gasteiger partial charge in [0.25, 0.3) is 0 Å². The van der Waals surface area contributed by atoms with Gasteiger partial charge in [-0.15, -0.1) is 0 Å². The van der Waals surface area contributed by atoms with E-state index >= 15 is 0 Å². The summed E-state index contributed by atoms with van der Waals surface area (Å²) in [5.74, 6) is 0.746. The van der Waals surface area contributed by atoms with Crippen molar-refractivity contribution in [3.8, 4) is 5.75 Å². The highest BCUT2D eigenvalue weighted by molar-refractivity contribution is 5.31. The highest BCUT2D eigenvalue weighted by Crippen LogP contribution is 2.16. The molecule has 106 valence electrons. The third kappa shape index (κ3) is 4.37. The van der Waals surface area contributed by atoms with Crippen LogP contribution in [0.15, 0.2) is 54.6 Å². The molecule has 0 saturated heterocycles. The van der Waals surface area contributed by atoms with Crippen LogP contribution >= 0.6 is 0 Å². The van der Waals surface area contributed by atoms with Crippen LogP contribution in [0.25, 0.3) is 0 Å². The van der Waals surface area contributed by atoms with Crippen LogP contribution in [-0.4, -0.2) is 23.9 Å². The van der Waals surface area contributed by atoms with E-state index in [2.05, 4.69) is 12.1 Å².